The minimum atomic E-state index is -4.63. The zero-order valence-electron chi connectivity index (χ0n) is 22.8. The average molecular weight is 567 g/mol. The predicted molar refractivity (Wildman–Crippen MR) is 143 cm³/mol. The van der Waals surface area contributed by atoms with Gasteiger partial charge >= 0.3 is 12.1 Å². The number of carboxylic acids is 1. The zero-order valence-corrected chi connectivity index (χ0v) is 22.8. The molecule has 2 unspecified atom stereocenters. The third-order valence-corrected chi connectivity index (χ3v) is 6.88. The number of nitrogens with zero attached hydrogens (tertiary/aromatic N) is 1. The van der Waals surface area contributed by atoms with Crippen molar-refractivity contribution < 1.29 is 37.0 Å². The third kappa shape index (κ3) is 10.9. The number of alkyl halides is 3. The molecule has 2 N–H and O–H groups in total. The van der Waals surface area contributed by atoms with Gasteiger partial charge in [-0.25, -0.2) is 9.18 Å². The van der Waals surface area contributed by atoms with E-state index in [1.165, 1.54) is 32.1 Å². The molecule has 2 aromatic carbocycles. The van der Waals surface area contributed by atoms with Gasteiger partial charge in [0.25, 0.3) is 0 Å². The van der Waals surface area contributed by atoms with E-state index in [-0.39, 0.29) is 18.0 Å². The summed E-state index contributed by atoms with van der Waals surface area (Å²) in [6.45, 7) is 4.64. The van der Waals surface area contributed by atoms with Crippen LogP contribution in [0.5, 0.6) is 0 Å². The van der Waals surface area contributed by atoms with E-state index in [1.54, 1.807) is 30.3 Å². The van der Waals surface area contributed by atoms with Gasteiger partial charge in [-0.2, -0.15) is 13.2 Å². The molecule has 2 saturated heterocycles. The molecule has 0 bridgehead atoms. The van der Waals surface area contributed by atoms with Crippen LogP contribution in [0.15, 0.2) is 48.5 Å². The van der Waals surface area contributed by atoms with Crippen LogP contribution in [0.1, 0.15) is 73.4 Å². The molecule has 3 aliphatic rings. The Balaban J connectivity index is 0.000000301. The van der Waals surface area contributed by atoms with Gasteiger partial charge in [0.2, 0.25) is 5.91 Å². The van der Waals surface area contributed by atoms with E-state index in [4.69, 9.17) is 9.84 Å². The Morgan fingerprint density at radius 3 is 2.25 bits per heavy atom. The number of aromatic carboxylic acids is 1. The van der Waals surface area contributed by atoms with Crippen molar-refractivity contribution in [2.45, 2.75) is 76.7 Å². The first-order chi connectivity index (χ1) is 19.0. The number of carbonyl (C=O) groups excluding carboxylic acids is 1. The van der Waals surface area contributed by atoms with Gasteiger partial charge in [0.1, 0.15) is 11.9 Å². The summed E-state index contributed by atoms with van der Waals surface area (Å²) in [4.78, 5) is 24.9. The van der Waals surface area contributed by atoms with Crippen LogP contribution in [0.3, 0.4) is 0 Å². The van der Waals surface area contributed by atoms with Crippen molar-refractivity contribution in [1.82, 2.24) is 10.2 Å². The molecule has 1 aliphatic carbocycles. The number of halogens is 4. The number of hydrogen-bond donors (Lipinski definition) is 2. The van der Waals surface area contributed by atoms with Crippen LogP contribution in [0.4, 0.5) is 17.6 Å². The molecule has 0 aromatic heterocycles. The topological polar surface area (TPSA) is 78.9 Å². The lowest BCUT2D eigenvalue weighted by molar-refractivity contribution is -0.139. The van der Waals surface area contributed by atoms with Crippen LogP contribution in [0.25, 0.3) is 0 Å². The SMILES string of the molecule is C1CC1.CC1CCCN(C2CC[C@H](C(=O)NCc3cc(F)cc(C(F)(F)F)c3)OC2)C1.O=C(O)c1ccccc1. The minimum absolute atomic E-state index is 0.0664. The molecule has 2 aliphatic heterocycles. The maximum absolute atomic E-state index is 13.4. The van der Waals surface area contributed by atoms with Gasteiger partial charge in [-0.15, -0.1) is 0 Å². The second-order valence-corrected chi connectivity index (χ2v) is 10.6. The average Bonchev–Trinajstić information content (AvgIpc) is 3.82. The smallest absolute Gasteiger partial charge is 0.416 e. The molecule has 220 valence electrons. The molecular weight excluding hydrogens is 528 g/mol. The first-order valence-corrected chi connectivity index (χ1v) is 13.8. The fourth-order valence-corrected chi connectivity index (χ4v) is 4.59. The first kappa shape index (κ1) is 31.5. The fourth-order valence-electron chi connectivity index (χ4n) is 4.59. The summed E-state index contributed by atoms with van der Waals surface area (Å²) in [6.07, 6.45) is 3.09. The van der Waals surface area contributed by atoms with Crippen molar-refractivity contribution in [1.29, 1.82) is 0 Å². The molecule has 2 heterocycles. The summed E-state index contributed by atoms with van der Waals surface area (Å²) >= 11 is 0. The molecule has 5 rings (SSSR count). The normalized spacial score (nSPS) is 22.6. The lowest BCUT2D eigenvalue weighted by atomic mass is 9.96. The van der Waals surface area contributed by atoms with Crippen molar-refractivity contribution in [2.75, 3.05) is 19.7 Å². The van der Waals surface area contributed by atoms with Crippen molar-refractivity contribution in [3.05, 3.63) is 71.0 Å². The highest BCUT2D eigenvalue weighted by Crippen LogP contribution is 2.30. The predicted octanol–water partition coefficient (Wildman–Crippen LogP) is 6.30. The quantitative estimate of drug-likeness (QED) is 0.416. The summed E-state index contributed by atoms with van der Waals surface area (Å²) in [5, 5.41) is 10.9. The second kappa shape index (κ2) is 15.1. The number of nitrogens with one attached hydrogen (secondary N) is 1. The van der Waals surface area contributed by atoms with Gasteiger partial charge in [0.05, 0.1) is 17.7 Å². The summed E-state index contributed by atoms with van der Waals surface area (Å²) in [5.41, 5.74) is -0.668. The largest absolute Gasteiger partial charge is 0.478 e. The molecule has 0 radical (unpaired) electrons. The Hall–Kier alpha value is -2.98. The number of carboxylic acid groups (broad SMARTS) is 1. The number of amides is 1. The van der Waals surface area contributed by atoms with Crippen LogP contribution < -0.4 is 5.32 Å². The Morgan fingerprint density at radius 2 is 1.73 bits per heavy atom. The molecule has 3 fully saturated rings. The molecule has 1 amide bonds. The van der Waals surface area contributed by atoms with Crippen LogP contribution in [-0.2, 0) is 22.3 Å². The Labute approximate surface area is 232 Å². The lowest BCUT2D eigenvalue weighted by Crippen LogP contribution is -2.49. The molecular formula is C30H38F4N2O4. The monoisotopic (exact) mass is 566 g/mol. The van der Waals surface area contributed by atoms with Crippen molar-refractivity contribution in [2.24, 2.45) is 5.92 Å². The van der Waals surface area contributed by atoms with E-state index < -0.39 is 29.6 Å². The maximum Gasteiger partial charge on any atom is 0.416 e. The zero-order chi connectivity index (χ0) is 29.1. The van der Waals surface area contributed by atoms with Crippen molar-refractivity contribution in [3.8, 4) is 0 Å². The van der Waals surface area contributed by atoms with E-state index in [0.29, 0.717) is 36.6 Å². The highest BCUT2D eigenvalue weighted by Gasteiger charge is 2.33. The standard InChI is InChI=1S/C20H26F4N2O2.C7H6O2.C3H6/c1-13-3-2-6-26(11-13)17-4-5-18(28-12-17)19(27)25-10-14-7-15(20(22,23)24)9-16(21)8-14;8-7(9)6-4-2-1-3-5-6;1-2-3-1/h7-9,13,17-18H,2-6,10-12H2,1H3,(H,25,27);1-5H,(H,8,9);1-3H2/t13?,17?,18-;;/m1../s1. The number of rotatable bonds is 5. The molecule has 3 atom stereocenters. The molecule has 10 heteroatoms. The van der Waals surface area contributed by atoms with Gasteiger partial charge in [-0.1, -0.05) is 44.4 Å². The summed E-state index contributed by atoms with van der Waals surface area (Å²) in [7, 11) is 0. The Bertz CT molecular complexity index is 1080. The third-order valence-electron chi connectivity index (χ3n) is 6.88. The van der Waals surface area contributed by atoms with Gasteiger partial charge in [-0.3, -0.25) is 9.69 Å². The van der Waals surface area contributed by atoms with Gasteiger partial charge in [0.15, 0.2) is 0 Å². The maximum atomic E-state index is 13.4. The van der Waals surface area contributed by atoms with E-state index in [0.717, 1.165) is 31.6 Å². The van der Waals surface area contributed by atoms with E-state index in [1.807, 2.05) is 0 Å². The van der Waals surface area contributed by atoms with Gasteiger partial charge < -0.3 is 15.2 Å². The first-order valence-electron chi connectivity index (χ1n) is 13.8. The Morgan fingerprint density at radius 1 is 1.02 bits per heavy atom. The fraction of sp³-hybridized carbons (Fsp3) is 0.533. The number of piperidine rings is 1. The highest BCUT2D eigenvalue weighted by atomic mass is 19.4. The van der Waals surface area contributed by atoms with Crippen molar-refractivity contribution in [3.63, 3.8) is 0 Å². The lowest BCUT2D eigenvalue weighted by Gasteiger charge is -2.40. The molecule has 1 saturated carbocycles. The van der Waals surface area contributed by atoms with Crippen LogP contribution in [0.2, 0.25) is 0 Å². The van der Waals surface area contributed by atoms with Gasteiger partial charge in [0, 0.05) is 19.1 Å². The van der Waals surface area contributed by atoms with E-state index >= 15 is 0 Å². The number of ether oxygens (including phenoxy) is 1. The summed E-state index contributed by atoms with van der Waals surface area (Å²) in [5.74, 6) is -1.56. The number of carbonyl (C=O) groups is 2. The Kier molecular flexibility index (Phi) is 11.9. The van der Waals surface area contributed by atoms with E-state index in [9.17, 15) is 27.2 Å². The summed E-state index contributed by atoms with van der Waals surface area (Å²) < 4.78 is 57.5. The number of likely N-dealkylation sites (tertiary alicyclic amines) is 1. The number of benzene rings is 2. The molecule has 6 nitrogen and oxygen atoms in total. The molecule has 2 aromatic rings. The van der Waals surface area contributed by atoms with Crippen LogP contribution in [0, 0.1) is 11.7 Å². The van der Waals surface area contributed by atoms with Crippen LogP contribution in [-0.4, -0.2) is 53.7 Å². The highest BCUT2D eigenvalue weighted by molar-refractivity contribution is 5.87. The summed E-state index contributed by atoms with van der Waals surface area (Å²) in [6, 6.07) is 10.9. The number of hydrogen-bond acceptors (Lipinski definition) is 4. The van der Waals surface area contributed by atoms with E-state index in [2.05, 4.69) is 17.1 Å². The van der Waals surface area contributed by atoms with Crippen molar-refractivity contribution >= 4 is 11.9 Å². The van der Waals surface area contributed by atoms with Crippen LogP contribution >= 0.6 is 0 Å². The molecule has 40 heavy (non-hydrogen) atoms. The molecule has 0 spiro atoms. The second-order valence-electron chi connectivity index (χ2n) is 10.6. The minimum Gasteiger partial charge on any atom is -0.478 e. The van der Waals surface area contributed by atoms with Gasteiger partial charge in [-0.05, 0) is 74.0 Å².